The quantitative estimate of drug-likeness (QED) is 0.757. The van der Waals surface area contributed by atoms with Crippen LogP contribution in [0, 0.1) is 0 Å². The number of nitrogens with one attached hydrogen (secondary N) is 2. The number of urea groups is 1. The van der Waals surface area contributed by atoms with Crippen molar-refractivity contribution in [2.24, 2.45) is 0 Å². The highest BCUT2D eigenvalue weighted by Crippen LogP contribution is 2.22. The zero-order valence-corrected chi connectivity index (χ0v) is 11.9. The smallest absolute Gasteiger partial charge is 0.320 e. The topological polar surface area (TPSA) is 54.3 Å². The second-order valence-corrected chi connectivity index (χ2v) is 4.82. The van der Waals surface area contributed by atoms with Gasteiger partial charge in [0.2, 0.25) is 0 Å². The Balaban J connectivity index is 1.77. The third-order valence-corrected chi connectivity index (χ3v) is 3.27. The molecule has 2 amide bonds. The highest BCUT2D eigenvalue weighted by molar-refractivity contribution is 5.89. The maximum atomic E-state index is 12.2. The van der Waals surface area contributed by atoms with Gasteiger partial charge < -0.3 is 15.1 Å². The Bertz CT molecular complexity index is 709. The Labute approximate surface area is 128 Å². The molecule has 2 N–H and O–H groups in total. The lowest BCUT2D eigenvalue weighted by Gasteiger charge is -2.17. The van der Waals surface area contributed by atoms with Gasteiger partial charge in [0.15, 0.2) is 0 Å². The van der Waals surface area contributed by atoms with Crippen LogP contribution in [0.15, 0.2) is 83.5 Å². The second kappa shape index (κ2) is 6.63. The Morgan fingerprint density at radius 3 is 2.18 bits per heavy atom. The highest BCUT2D eigenvalue weighted by atomic mass is 16.3. The molecule has 22 heavy (non-hydrogen) atoms. The summed E-state index contributed by atoms with van der Waals surface area (Å²) in [5.41, 5.74) is 1.70. The highest BCUT2D eigenvalue weighted by Gasteiger charge is 2.19. The van der Waals surface area contributed by atoms with Crippen LogP contribution in [-0.2, 0) is 0 Å². The number of benzene rings is 2. The van der Waals surface area contributed by atoms with Crippen molar-refractivity contribution >= 4 is 11.7 Å². The molecule has 0 aliphatic rings. The summed E-state index contributed by atoms with van der Waals surface area (Å²) in [6, 6.07) is 22.1. The van der Waals surface area contributed by atoms with E-state index in [-0.39, 0.29) is 12.1 Å². The zero-order valence-electron chi connectivity index (χ0n) is 11.9. The fraction of sp³-hybridized carbons (Fsp3) is 0.0556. The summed E-state index contributed by atoms with van der Waals surface area (Å²) in [6.45, 7) is 0. The Morgan fingerprint density at radius 1 is 0.864 bits per heavy atom. The molecule has 0 saturated heterocycles. The van der Waals surface area contributed by atoms with Gasteiger partial charge in [-0.05, 0) is 29.8 Å². The lowest BCUT2D eigenvalue weighted by molar-refractivity contribution is 0.248. The van der Waals surface area contributed by atoms with Crippen molar-refractivity contribution in [3.8, 4) is 0 Å². The summed E-state index contributed by atoms with van der Waals surface area (Å²) in [7, 11) is 0. The molecule has 0 radical (unpaired) electrons. The van der Waals surface area contributed by atoms with E-state index in [9.17, 15) is 4.79 Å². The van der Waals surface area contributed by atoms with E-state index in [4.69, 9.17) is 4.42 Å². The molecule has 1 aromatic heterocycles. The van der Waals surface area contributed by atoms with Crippen molar-refractivity contribution in [3.63, 3.8) is 0 Å². The van der Waals surface area contributed by atoms with Gasteiger partial charge >= 0.3 is 6.03 Å². The van der Waals surface area contributed by atoms with Crippen LogP contribution in [-0.4, -0.2) is 6.03 Å². The van der Waals surface area contributed by atoms with Gasteiger partial charge in [0.05, 0.1) is 6.26 Å². The van der Waals surface area contributed by atoms with E-state index in [0.717, 1.165) is 11.3 Å². The first-order valence-corrected chi connectivity index (χ1v) is 7.04. The summed E-state index contributed by atoms with van der Waals surface area (Å²) >= 11 is 0. The van der Waals surface area contributed by atoms with Gasteiger partial charge in [-0.2, -0.15) is 0 Å². The number of para-hydroxylation sites is 1. The molecule has 1 heterocycles. The number of anilines is 1. The molecule has 2 aromatic carbocycles. The van der Waals surface area contributed by atoms with Crippen LogP contribution in [0.1, 0.15) is 17.4 Å². The first-order chi connectivity index (χ1) is 10.8. The summed E-state index contributed by atoms with van der Waals surface area (Å²) < 4.78 is 5.46. The number of hydrogen-bond acceptors (Lipinski definition) is 2. The molecule has 0 aliphatic carbocycles. The number of amides is 2. The molecule has 0 saturated carbocycles. The first-order valence-electron chi connectivity index (χ1n) is 7.04. The van der Waals surface area contributed by atoms with Gasteiger partial charge in [-0.3, -0.25) is 0 Å². The monoisotopic (exact) mass is 292 g/mol. The minimum Gasteiger partial charge on any atom is -0.467 e. The third-order valence-electron chi connectivity index (χ3n) is 3.27. The molecule has 1 unspecified atom stereocenters. The van der Waals surface area contributed by atoms with Crippen LogP contribution in [0.5, 0.6) is 0 Å². The van der Waals surface area contributed by atoms with E-state index in [0.29, 0.717) is 5.76 Å². The zero-order chi connectivity index (χ0) is 15.2. The van der Waals surface area contributed by atoms with Crippen LogP contribution < -0.4 is 10.6 Å². The molecule has 1 atom stereocenters. The van der Waals surface area contributed by atoms with E-state index in [1.807, 2.05) is 72.8 Å². The average Bonchev–Trinajstić information content (AvgIpc) is 3.08. The fourth-order valence-corrected chi connectivity index (χ4v) is 2.24. The molecule has 4 nitrogen and oxygen atoms in total. The Kier molecular flexibility index (Phi) is 4.20. The van der Waals surface area contributed by atoms with E-state index in [1.54, 1.807) is 6.26 Å². The molecule has 0 spiro atoms. The van der Waals surface area contributed by atoms with Gasteiger partial charge in [0, 0.05) is 5.69 Å². The minimum absolute atomic E-state index is 0.281. The van der Waals surface area contributed by atoms with Crippen molar-refractivity contribution in [3.05, 3.63) is 90.4 Å². The molecular formula is C18H16N2O2. The number of furan rings is 1. The van der Waals surface area contributed by atoms with Crippen LogP contribution in [0.2, 0.25) is 0 Å². The normalized spacial score (nSPS) is 11.6. The number of rotatable bonds is 4. The summed E-state index contributed by atoms with van der Waals surface area (Å²) in [4.78, 5) is 12.2. The third kappa shape index (κ3) is 3.35. The maximum absolute atomic E-state index is 12.2. The fourth-order valence-electron chi connectivity index (χ4n) is 2.24. The van der Waals surface area contributed by atoms with E-state index < -0.39 is 0 Å². The van der Waals surface area contributed by atoms with Gasteiger partial charge in [-0.15, -0.1) is 0 Å². The van der Waals surface area contributed by atoms with Crippen LogP contribution in [0.4, 0.5) is 10.5 Å². The van der Waals surface area contributed by atoms with Crippen LogP contribution >= 0.6 is 0 Å². The van der Waals surface area contributed by atoms with E-state index in [1.165, 1.54) is 0 Å². The molecule has 3 aromatic rings. The Hall–Kier alpha value is -3.01. The van der Waals surface area contributed by atoms with Crippen molar-refractivity contribution < 1.29 is 9.21 Å². The van der Waals surface area contributed by atoms with E-state index in [2.05, 4.69) is 10.6 Å². The molecule has 0 aliphatic heterocycles. The van der Waals surface area contributed by atoms with Crippen molar-refractivity contribution in [2.45, 2.75) is 6.04 Å². The lowest BCUT2D eigenvalue weighted by atomic mass is 10.1. The molecular weight excluding hydrogens is 276 g/mol. The molecule has 0 fully saturated rings. The summed E-state index contributed by atoms with van der Waals surface area (Å²) in [5, 5.41) is 5.75. The van der Waals surface area contributed by atoms with Crippen molar-refractivity contribution in [1.29, 1.82) is 0 Å². The number of hydrogen-bond donors (Lipinski definition) is 2. The predicted octanol–water partition coefficient (Wildman–Crippen LogP) is 4.19. The average molecular weight is 292 g/mol. The predicted molar refractivity (Wildman–Crippen MR) is 85.6 cm³/mol. The Morgan fingerprint density at radius 2 is 1.55 bits per heavy atom. The van der Waals surface area contributed by atoms with E-state index >= 15 is 0 Å². The molecule has 3 rings (SSSR count). The summed E-state index contributed by atoms with van der Waals surface area (Å²) in [5.74, 6) is 0.689. The maximum Gasteiger partial charge on any atom is 0.320 e. The lowest BCUT2D eigenvalue weighted by Crippen LogP contribution is -2.33. The molecule has 0 bridgehead atoms. The van der Waals surface area contributed by atoms with Gasteiger partial charge in [0.25, 0.3) is 0 Å². The minimum atomic E-state index is -0.333. The SMILES string of the molecule is O=C(Nc1ccccc1)NC(c1ccccc1)c1ccco1. The largest absolute Gasteiger partial charge is 0.467 e. The molecule has 4 heteroatoms. The van der Waals surface area contributed by atoms with Crippen molar-refractivity contribution in [1.82, 2.24) is 5.32 Å². The second-order valence-electron chi connectivity index (χ2n) is 4.82. The van der Waals surface area contributed by atoms with Crippen molar-refractivity contribution in [2.75, 3.05) is 5.32 Å². The van der Waals surface area contributed by atoms with Gasteiger partial charge in [-0.1, -0.05) is 48.5 Å². The van der Waals surface area contributed by atoms with Gasteiger partial charge in [0.1, 0.15) is 11.8 Å². The summed E-state index contributed by atoms with van der Waals surface area (Å²) in [6.07, 6.45) is 1.60. The van der Waals surface area contributed by atoms with Gasteiger partial charge in [-0.25, -0.2) is 4.79 Å². The van der Waals surface area contributed by atoms with Crippen LogP contribution in [0.25, 0.3) is 0 Å². The molecule has 110 valence electrons. The van der Waals surface area contributed by atoms with Crippen LogP contribution in [0.3, 0.4) is 0 Å². The first kappa shape index (κ1) is 13.9. The number of carbonyl (C=O) groups is 1. The number of carbonyl (C=O) groups excluding carboxylic acids is 1. The standard InChI is InChI=1S/C18H16N2O2/c21-18(19-15-10-5-2-6-11-15)20-17(16-12-7-13-22-16)14-8-3-1-4-9-14/h1-13,17H,(H2,19,20,21).